The first-order chi connectivity index (χ1) is 11.7. The summed E-state index contributed by atoms with van der Waals surface area (Å²) in [5, 5.41) is 3.30. The maximum absolute atomic E-state index is 12.7. The van der Waals surface area contributed by atoms with Gasteiger partial charge in [0.25, 0.3) is 5.91 Å². The van der Waals surface area contributed by atoms with Crippen LogP contribution in [0, 0.1) is 0 Å². The second kappa shape index (κ2) is 7.64. The standard InChI is InChI=1S/C18H20N2O3S.ClH/c1-20(13-6-7-19-11-13)18(21)17-5-4-16(24-17)12-2-3-14-15(10-12)23-9-8-22-14;/h2-5,10,13,19H,6-9,11H2,1H3;1H. The maximum atomic E-state index is 12.7. The predicted molar refractivity (Wildman–Crippen MR) is 101 cm³/mol. The highest BCUT2D eigenvalue weighted by atomic mass is 35.5. The minimum Gasteiger partial charge on any atom is -0.486 e. The molecule has 5 nitrogen and oxygen atoms in total. The molecular formula is C18H21ClN2O3S. The van der Waals surface area contributed by atoms with Crippen molar-refractivity contribution in [3.63, 3.8) is 0 Å². The number of benzene rings is 1. The Kier molecular flexibility index (Phi) is 5.51. The van der Waals surface area contributed by atoms with Gasteiger partial charge in [-0.25, -0.2) is 0 Å². The van der Waals surface area contributed by atoms with Gasteiger partial charge in [-0.3, -0.25) is 4.79 Å². The maximum Gasteiger partial charge on any atom is 0.263 e. The van der Waals surface area contributed by atoms with Gasteiger partial charge in [0.05, 0.1) is 4.88 Å². The van der Waals surface area contributed by atoms with Gasteiger partial charge in [0.15, 0.2) is 11.5 Å². The van der Waals surface area contributed by atoms with Crippen molar-refractivity contribution in [1.82, 2.24) is 10.2 Å². The van der Waals surface area contributed by atoms with E-state index < -0.39 is 0 Å². The number of amides is 1. The van der Waals surface area contributed by atoms with E-state index in [2.05, 4.69) is 5.32 Å². The molecule has 1 aromatic carbocycles. The van der Waals surface area contributed by atoms with Gasteiger partial charge < -0.3 is 19.7 Å². The molecule has 2 aromatic rings. The van der Waals surface area contributed by atoms with Crippen molar-refractivity contribution in [2.24, 2.45) is 0 Å². The first kappa shape index (κ1) is 18.0. The van der Waals surface area contributed by atoms with Gasteiger partial charge >= 0.3 is 0 Å². The Balaban J connectivity index is 0.00000182. The molecule has 2 aliphatic rings. The molecule has 0 aliphatic carbocycles. The summed E-state index contributed by atoms with van der Waals surface area (Å²) in [7, 11) is 1.89. The number of nitrogens with zero attached hydrogens (tertiary/aromatic N) is 1. The normalized spacial score (nSPS) is 18.5. The molecule has 7 heteroatoms. The number of nitrogens with one attached hydrogen (secondary N) is 1. The molecule has 1 fully saturated rings. The van der Waals surface area contributed by atoms with Crippen molar-refractivity contribution in [1.29, 1.82) is 0 Å². The van der Waals surface area contributed by atoms with Crippen LogP contribution in [0.1, 0.15) is 16.1 Å². The van der Waals surface area contributed by atoms with Crippen LogP contribution in [-0.4, -0.2) is 50.2 Å². The molecule has 0 saturated carbocycles. The van der Waals surface area contributed by atoms with E-state index in [1.165, 1.54) is 11.3 Å². The van der Waals surface area contributed by atoms with Crippen LogP contribution in [0.4, 0.5) is 0 Å². The minimum absolute atomic E-state index is 0. The third kappa shape index (κ3) is 3.61. The molecule has 1 N–H and O–H groups in total. The number of carbonyl (C=O) groups excluding carboxylic acids is 1. The van der Waals surface area contributed by atoms with Crippen molar-refractivity contribution in [2.45, 2.75) is 12.5 Å². The van der Waals surface area contributed by atoms with Crippen LogP contribution in [0.5, 0.6) is 11.5 Å². The molecule has 1 atom stereocenters. The lowest BCUT2D eigenvalue weighted by atomic mass is 10.1. The van der Waals surface area contributed by atoms with E-state index in [0.717, 1.165) is 46.3 Å². The first-order valence-electron chi connectivity index (χ1n) is 8.20. The Hall–Kier alpha value is -1.76. The van der Waals surface area contributed by atoms with Crippen LogP contribution < -0.4 is 14.8 Å². The topological polar surface area (TPSA) is 50.8 Å². The van der Waals surface area contributed by atoms with E-state index in [-0.39, 0.29) is 24.4 Å². The molecule has 1 saturated heterocycles. The summed E-state index contributed by atoms with van der Waals surface area (Å²) in [6.45, 7) is 3.02. The number of halogens is 1. The fourth-order valence-corrected chi connectivity index (χ4v) is 4.10. The summed E-state index contributed by atoms with van der Waals surface area (Å²) < 4.78 is 11.2. The van der Waals surface area contributed by atoms with Crippen molar-refractivity contribution in [3.8, 4) is 21.9 Å². The van der Waals surface area contributed by atoms with Crippen LogP contribution in [0.2, 0.25) is 0 Å². The average molecular weight is 381 g/mol. The van der Waals surface area contributed by atoms with E-state index in [4.69, 9.17) is 9.47 Å². The zero-order chi connectivity index (χ0) is 16.5. The molecule has 0 spiro atoms. The lowest BCUT2D eigenvalue weighted by molar-refractivity contribution is 0.0748. The number of fused-ring (bicyclic) bond motifs is 1. The van der Waals surface area contributed by atoms with E-state index in [9.17, 15) is 4.79 Å². The number of rotatable bonds is 3. The smallest absolute Gasteiger partial charge is 0.263 e. The SMILES string of the molecule is CN(C(=O)c1ccc(-c2ccc3c(c2)OCCO3)s1)C1CCNC1.Cl. The molecule has 0 bridgehead atoms. The largest absolute Gasteiger partial charge is 0.486 e. The van der Waals surface area contributed by atoms with Gasteiger partial charge in [0.2, 0.25) is 0 Å². The van der Waals surface area contributed by atoms with E-state index in [1.54, 1.807) is 0 Å². The van der Waals surface area contributed by atoms with Crippen LogP contribution in [0.25, 0.3) is 10.4 Å². The Morgan fingerprint density at radius 3 is 2.76 bits per heavy atom. The zero-order valence-electron chi connectivity index (χ0n) is 14.0. The summed E-state index contributed by atoms with van der Waals surface area (Å²) >= 11 is 1.52. The molecule has 1 unspecified atom stereocenters. The Morgan fingerprint density at radius 2 is 2.00 bits per heavy atom. The van der Waals surface area contributed by atoms with E-state index >= 15 is 0 Å². The molecule has 1 aromatic heterocycles. The van der Waals surface area contributed by atoms with Crippen molar-refractivity contribution in [2.75, 3.05) is 33.4 Å². The molecule has 4 rings (SSSR count). The Bertz CT molecular complexity index is 759. The molecule has 0 radical (unpaired) electrons. The second-order valence-electron chi connectivity index (χ2n) is 6.09. The second-order valence-corrected chi connectivity index (χ2v) is 7.17. The summed E-state index contributed by atoms with van der Waals surface area (Å²) in [5.74, 6) is 1.65. The summed E-state index contributed by atoms with van der Waals surface area (Å²) in [6, 6.07) is 10.1. The van der Waals surface area contributed by atoms with Crippen LogP contribution >= 0.6 is 23.7 Å². The number of hydrogen-bond donors (Lipinski definition) is 1. The first-order valence-corrected chi connectivity index (χ1v) is 9.02. The van der Waals surface area contributed by atoms with Crippen LogP contribution in [-0.2, 0) is 0 Å². The fraction of sp³-hybridized carbons (Fsp3) is 0.389. The Labute approximate surface area is 157 Å². The third-order valence-corrected chi connectivity index (χ3v) is 5.67. The lowest BCUT2D eigenvalue weighted by Crippen LogP contribution is -2.37. The highest BCUT2D eigenvalue weighted by molar-refractivity contribution is 7.17. The predicted octanol–water partition coefficient (Wildman–Crippen LogP) is 3.04. The van der Waals surface area contributed by atoms with Gasteiger partial charge in [-0.1, -0.05) is 0 Å². The van der Waals surface area contributed by atoms with Crippen molar-refractivity contribution < 1.29 is 14.3 Å². The van der Waals surface area contributed by atoms with Crippen LogP contribution in [0.3, 0.4) is 0 Å². The molecular weight excluding hydrogens is 360 g/mol. The number of likely N-dealkylation sites (N-methyl/N-ethyl adjacent to an activating group) is 1. The zero-order valence-corrected chi connectivity index (χ0v) is 15.6. The average Bonchev–Trinajstić information content (AvgIpc) is 3.31. The van der Waals surface area contributed by atoms with Gasteiger partial charge in [-0.05, 0) is 48.9 Å². The minimum atomic E-state index is 0. The molecule has 25 heavy (non-hydrogen) atoms. The van der Waals surface area contributed by atoms with Gasteiger partial charge in [-0.2, -0.15) is 0 Å². The Morgan fingerprint density at radius 1 is 1.20 bits per heavy atom. The lowest BCUT2D eigenvalue weighted by Gasteiger charge is -2.23. The number of thiophene rings is 1. The van der Waals surface area contributed by atoms with Crippen molar-refractivity contribution >= 4 is 29.7 Å². The highest BCUT2D eigenvalue weighted by Gasteiger charge is 2.25. The number of hydrogen-bond acceptors (Lipinski definition) is 5. The van der Waals surface area contributed by atoms with Crippen LogP contribution in [0.15, 0.2) is 30.3 Å². The molecule has 2 aliphatic heterocycles. The van der Waals surface area contributed by atoms with E-state index in [0.29, 0.717) is 13.2 Å². The summed E-state index contributed by atoms with van der Waals surface area (Å²) in [4.78, 5) is 16.4. The van der Waals surface area contributed by atoms with E-state index in [1.807, 2.05) is 42.3 Å². The highest BCUT2D eigenvalue weighted by Crippen LogP contribution is 2.37. The summed E-state index contributed by atoms with van der Waals surface area (Å²) in [6.07, 6.45) is 1.02. The van der Waals surface area contributed by atoms with Crippen molar-refractivity contribution in [3.05, 3.63) is 35.2 Å². The monoisotopic (exact) mass is 380 g/mol. The number of carbonyl (C=O) groups is 1. The molecule has 3 heterocycles. The molecule has 134 valence electrons. The quantitative estimate of drug-likeness (QED) is 0.889. The van der Waals surface area contributed by atoms with Gasteiger partial charge in [0, 0.05) is 24.5 Å². The third-order valence-electron chi connectivity index (χ3n) is 4.55. The van der Waals surface area contributed by atoms with Gasteiger partial charge in [-0.15, -0.1) is 23.7 Å². The molecule has 1 amide bonds. The number of ether oxygens (including phenoxy) is 2. The fourth-order valence-electron chi connectivity index (χ4n) is 3.11. The van der Waals surface area contributed by atoms with Gasteiger partial charge in [0.1, 0.15) is 13.2 Å². The summed E-state index contributed by atoms with van der Waals surface area (Å²) in [5.41, 5.74) is 1.05.